The van der Waals surface area contributed by atoms with Crippen LogP contribution in [0, 0.1) is 46.9 Å². The second kappa shape index (κ2) is 19.5. The van der Waals surface area contributed by atoms with Crippen molar-refractivity contribution < 1.29 is 127 Å². The molecule has 0 fully saturated rings. The smallest absolute Gasteiger partial charge is 3.00 e. The summed E-state index contributed by atoms with van der Waals surface area (Å²) in [5, 5.41) is 0. The maximum absolute atomic E-state index is 8.56. The van der Waals surface area contributed by atoms with Crippen LogP contribution in [0.5, 0.6) is 0 Å². The molecule has 0 aromatic carbocycles. The third-order valence-corrected chi connectivity index (χ3v) is 0. The summed E-state index contributed by atoms with van der Waals surface area (Å²) in [4.78, 5) is 0. The van der Waals surface area contributed by atoms with Crippen molar-refractivity contribution in [2.75, 3.05) is 0 Å². The summed E-state index contributed by atoms with van der Waals surface area (Å²) in [5.41, 5.74) is 0. The second-order valence-electron chi connectivity index (χ2n) is 0.671. The Morgan fingerprint density at radius 1 is 0.538 bits per heavy atom. The summed E-state index contributed by atoms with van der Waals surface area (Å²) < 4.78 is 77.1. The maximum atomic E-state index is 8.56. The molecule has 0 rings (SSSR count). The van der Waals surface area contributed by atoms with Crippen LogP contribution in [0.2, 0.25) is 0 Å². The van der Waals surface area contributed by atoms with E-state index in [1.54, 1.807) is 0 Å². The van der Waals surface area contributed by atoms with E-state index in [-0.39, 0.29) is 46.9 Å². The van der Waals surface area contributed by atoms with E-state index in [1.807, 2.05) is 0 Å². The molecule has 9 nitrogen and oxygen atoms in total. The van der Waals surface area contributed by atoms with Crippen LogP contribution in [0.25, 0.3) is 0 Å². The van der Waals surface area contributed by atoms with Crippen LogP contribution in [0.4, 0.5) is 0 Å². The molecule has 0 spiro atoms. The molecule has 0 amide bonds. The van der Waals surface area contributed by atoms with Gasteiger partial charge in [-0.1, -0.05) is 0 Å². The van der Waals surface area contributed by atoms with E-state index in [4.69, 9.17) is 34.1 Å². The van der Waals surface area contributed by atoms with Crippen molar-refractivity contribution in [1.82, 2.24) is 0 Å². The van der Waals surface area contributed by atoms with Gasteiger partial charge in [-0.15, -0.1) is 0 Å². The van der Waals surface area contributed by atoms with Crippen LogP contribution in [-0.4, -0.2) is 0 Å². The van der Waals surface area contributed by atoms with Gasteiger partial charge >= 0.3 is 127 Å². The predicted molar refractivity (Wildman–Crippen MR) is 4.12 cm³/mol. The van der Waals surface area contributed by atoms with Crippen molar-refractivity contribution >= 4 is 0 Å². The van der Waals surface area contributed by atoms with Gasteiger partial charge in [-0.25, -0.2) is 0 Å². The zero-order valence-corrected chi connectivity index (χ0v) is 11.2. The monoisotopic (exact) mass is 471 g/mol. The second-order valence-corrected chi connectivity index (χ2v) is 2.77. The Labute approximate surface area is 125 Å². The Kier molecular flexibility index (Phi) is 36.4. The quantitative estimate of drug-likeness (QED) is 0.340. The van der Waals surface area contributed by atoms with Gasteiger partial charge in [-0.2, -0.15) is 0 Å². The Morgan fingerprint density at radius 2 is 0.538 bits per heavy atom. The summed E-state index contributed by atoms with van der Waals surface area (Å²) in [6.45, 7) is 0. The molecule has 0 aliphatic carbocycles. The van der Waals surface area contributed by atoms with Crippen molar-refractivity contribution in [3.05, 3.63) is 0 Å². The van der Waals surface area contributed by atoms with Gasteiger partial charge in [-0.05, 0) is 0 Å². The van der Waals surface area contributed by atoms with E-state index < -0.39 is 46.2 Å². The van der Waals surface area contributed by atoms with Crippen molar-refractivity contribution in [1.29, 1.82) is 0 Å². The molecule has 13 heteroatoms. The molecule has 0 aliphatic rings. The molecule has 0 aromatic rings. The molecule has 0 aromatic heterocycles. The van der Waals surface area contributed by atoms with E-state index in [1.165, 1.54) is 0 Å². The minimum atomic E-state index is -3.94. The third-order valence-electron chi connectivity index (χ3n) is 0. The van der Waals surface area contributed by atoms with Gasteiger partial charge in [0.2, 0.25) is 0 Å². The van der Waals surface area contributed by atoms with Gasteiger partial charge in [0.25, 0.3) is 0 Å². The fourth-order valence-electron chi connectivity index (χ4n) is 0. The largest absolute Gasteiger partial charge is 3.00 e. The molecule has 0 bridgehead atoms. The zero-order valence-electron chi connectivity index (χ0n) is 5.28. The van der Waals surface area contributed by atoms with Gasteiger partial charge in [0.15, 0.2) is 0 Å². The van der Waals surface area contributed by atoms with Gasteiger partial charge in [0.05, 0.1) is 0 Å². The Hall–Kier alpha value is 1.95. The molecular formula is O9V3Yb. The summed E-state index contributed by atoms with van der Waals surface area (Å²) in [5.74, 6) is 0. The molecule has 83 valence electrons. The fraction of sp³-hybridized carbons (Fsp3) is 0. The van der Waals surface area contributed by atoms with E-state index in [9.17, 15) is 0 Å². The van der Waals surface area contributed by atoms with Crippen molar-refractivity contribution in [2.45, 2.75) is 0 Å². The average Bonchev–Trinajstić information content (AvgIpc) is 1.54. The van der Waals surface area contributed by atoms with Crippen LogP contribution < -0.4 is 12.1 Å². The number of rotatable bonds is 0. The Morgan fingerprint density at radius 3 is 0.538 bits per heavy atom. The summed E-state index contributed by atoms with van der Waals surface area (Å²) in [6.07, 6.45) is 0. The standard InChI is InChI=1S/9O.3V.Yb/q;;;;;;3*-1;;;;+3. The van der Waals surface area contributed by atoms with Crippen LogP contribution in [0.1, 0.15) is 0 Å². The molecule has 0 atom stereocenters. The number of hydrogen-bond donors (Lipinski definition) is 0. The molecule has 0 heterocycles. The van der Waals surface area contributed by atoms with Crippen molar-refractivity contribution in [2.24, 2.45) is 0 Å². The fourth-order valence-corrected chi connectivity index (χ4v) is 0. The van der Waals surface area contributed by atoms with Crippen LogP contribution in [-0.2, 0) is 68.2 Å². The first-order valence-corrected chi connectivity index (χ1v) is 6.77. The first kappa shape index (κ1) is 24.3. The predicted octanol–water partition coefficient (Wildman–Crippen LogP) is -4.29. The molecule has 0 unspecified atom stereocenters. The van der Waals surface area contributed by atoms with Gasteiger partial charge in [0.1, 0.15) is 0 Å². The molecule has 0 aliphatic heterocycles. The van der Waals surface area contributed by atoms with E-state index >= 15 is 0 Å². The maximum Gasteiger partial charge on any atom is 3.00 e. The Balaban J connectivity index is -0.0000000450. The summed E-state index contributed by atoms with van der Waals surface area (Å²) in [7, 11) is 0. The van der Waals surface area contributed by atoms with Gasteiger partial charge in [0, 0.05) is 0 Å². The summed E-state index contributed by atoms with van der Waals surface area (Å²) in [6, 6.07) is 0. The normalized spacial score (nSPS) is 5.77. The van der Waals surface area contributed by atoms with Crippen molar-refractivity contribution in [3.8, 4) is 0 Å². The average molecular weight is 470 g/mol. The Bertz CT molecular complexity index is 208. The first-order valence-electron chi connectivity index (χ1n) is 1.64. The van der Waals surface area contributed by atoms with Gasteiger partial charge in [-0.3, -0.25) is 0 Å². The van der Waals surface area contributed by atoms with Crippen LogP contribution in [0.15, 0.2) is 0 Å². The van der Waals surface area contributed by atoms with Crippen molar-refractivity contribution in [3.63, 3.8) is 0 Å². The molecule has 1 radical (unpaired) electrons. The van der Waals surface area contributed by atoms with Crippen LogP contribution >= 0.6 is 0 Å². The molecule has 0 saturated heterocycles. The minimum Gasteiger partial charge on any atom is 3.00 e. The van der Waals surface area contributed by atoms with E-state index in [0.29, 0.717) is 0 Å². The van der Waals surface area contributed by atoms with E-state index in [2.05, 4.69) is 0 Å². The SMILES string of the molecule is [O]=[V](=[O])[O-].[O]=[V](=[O])[O-].[O]=[V](=[O])[O-].[Yb+3]. The third kappa shape index (κ3) is 523. The minimum absolute atomic E-state index is 0. The van der Waals surface area contributed by atoms with Gasteiger partial charge < -0.3 is 0 Å². The first-order chi connectivity index (χ1) is 5.20. The molecular weight excluding hydrogens is 470 g/mol. The topological polar surface area (TPSA) is 172 Å². The molecule has 13 heavy (non-hydrogen) atoms. The number of hydrogen-bond acceptors (Lipinski definition) is 9. The zero-order chi connectivity index (χ0) is 10.7. The van der Waals surface area contributed by atoms with E-state index in [0.717, 1.165) is 0 Å². The van der Waals surface area contributed by atoms with Crippen LogP contribution in [0.3, 0.4) is 0 Å². The molecule has 0 saturated carbocycles. The molecule has 0 N–H and O–H groups in total. The summed E-state index contributed by atoms with van der Waals surface area (Å²) >= 11 is -11.8.